The third kappa shape index (κ3) is 2.96. The van der Waals surface area contributed by atoms with Crippen molar-refractivity contribution in [2.45, 2.75) is 45.6 Å². The third-order valence-electron chi connectivity index (χ3n) is 3.34. The number of unbranched alkanes of at least 4 members (excludes halogenated alkanes) is 1. The van der Waals surface area contributed by atoms with Crippen molar-refractivity contribution in [1.82, 2.24) is 4.90 Å². The van der Waals surface area contributed by atoms with Crippen molar-refractivity contribution in [1.29, 1.82) is 5.26 Å². The third-order valence-corrected chi connectivity index (χ3v) is 3.34. The molecular formula is C12H20N2O2. The second-order valence-corrected chi connectivity index (χ2v) is 5.13. The van der Waals surface area contributed by atoms with E-state index in [0.29, 0.717) is 13.0 Å². The maximum atomic E-state index is 11.3. The monoisotopic (exact) mass is 224 g/mol. The summed E-state index contributed by atoms with van der Waals surface area (Å²) in [5.41, 5.74) is -0.170. The van der Waals surface area contributed by atoms with Crippen molar-refractivity contribution >= 4 is 5.97 Å². The molecule has 0 spiro atoms. The molecule has 90 valence electrons. The molecule has 1 atom stereocenters. The van der Waals surface area contributed by atoms with E-state index in [9.17, 15) is 9.90 Å². The van der Waals surface area contributed by atoms with Crippen molar-refractivity contribution in [2.24, 2.45) is 5.41 Å². The predicted octanol–water partition coefficient (Wildman–Crippen LogP) is 1.87. The molecule has 1 saturated heterocycles. The van der Waals surface area contributed by atoms with Crippen LogP contribution in [0.2, 0.25) is 0 Å². The predicted molar refractivity (Wildman–Crippen MR) is 60.9 cm³/mol. The summed E-state index contributed by atoms with van der Waals surface area (Å²) in [6, 6.07) is 1.70. The van der Waals surface area contributed by atoms with Crippen molar-refractivity contribution < 1.29 is 9.90 Å². The van der Waals surface area contributed by atoms with Gasteiger partial charge >= 0.3 is 5.97 Å². The number of likely N-dealkylation sites (tertiary alicyclic amines) is 1. The van der Waals surface area contributed by atoms with Gasteiger partial charge in [-0.15, -0.1) is 0 Å². The van der Waals surface area contributed by atoms with Gasteiger partial charge in [0.1, 0.15) is 6.04 Å². The van der Waals surface area contributed by atoms with E-state index in [-0.39, 0.29) is 5.41 Å². The van der Waals surface area contributed by atoms with E-state index in [1.807, 2.05) is 18.7 Å². The molecule has 1 rings (SSSR count). The SMILES string of the molecule is CC1(C)CCCN(CCCC#N)C1C(=O)O. The molecule has 1 aliphatic rings. The topological polar surface area (TPSA) is 64.3 Å². The van der Waals surface area contributed by atoms with Gasteiger partial charge < -0.3 is 5.11 Å². The Bertz CT molecular complexity index is 294. The molecule has 0 radical (unpaired) electrons. The van der Waals surface area contributed by atoms with Crippen LogP contribution in [0, 0.1) is 16.7 Å². The lowest BCUT2D eigenvalue weighted by Gasteiger charge is -2.44. The molecule has 1 N–H and O–H groups in total. The van der Waals surface area contributed by atoms with Crippen LogP contribution < -0.4 is 0 Å². The Labute approximate surface area is 96.9 Å². The van der Waals surface area contributed by atoms with Gasteiger partial charge in [0.2, 0.25) is 0 Å². The van der Waals surface area contributed by atoms with Crippen molar-refractivity contribution in [3.05, 3.63) is 0 Å². The molecule has 1 aliphatic heterocycles. The molecule has 1 heterocycles. The van der Waals surface area contributed by atoms with Crippen molar-refractivity contribution in [3.8, 4) is 6.07 Å². The highest BCUT2D eigenvalue weighted by Gasteiger charge is 2.41. The lowest BCUT2D eigenvalue weighted by atomic mass is 9.76. The summed E-state index contributed by atoms with van der Waals surface area (Å²) in [7, 11) is 0. The number of carbonyl (C=O) groups is 1. The molecule has 0 saturated carbocycles. The zero-order chi connectivity index (χ0) is 12.2. The van der Waals surface area contributed by atoms with Crippen LogP contribution >= 0.6 is 0 Å². The van der Waals surface area contributed by atoms with Gasteiger partial charge in [0.25, 0.3) is 0 Å². The first kappa shape index (κ1) is 13.0. The molecule has 1 fully saturated rings. The van der Waals surface area contributed by atoms with Gasteiger partial charge in [-0.2, -0.15) is 5.26 Å². The molecule has 0 aliphatic carbocycles. The van der Waals surface area contributed by atoms with Gasteiger partial charge in [0.15, 0.2) is 0 Å². The van der Waals surface area contributed by atoms with E-state index < -0.39 is 12.0 Å². The first-order valence-electron chi connectivity index (χ1n) is 5.83. The van der Waals surface area contributed by atoms with E-state index in [0.717, 1.165) is 25.8 Å². The molecule has 0 aromatic heterocycles. The van der Waals surface area contributed by atoms with Gasteiger partial charge in [-0.1, -0.05) is 13.8 Å². The maximum Gasteiger partial charge on any atom is 0.321 e. The largest absolute Gasteiger partial charge is 0.480 e. The molecule has 4 nitrogen and oxygen atoms in total. The van der Waals surface area contributed by atoms with Crippen molar-refractivity contribution in [2.75, 3.05) is 13.1 Å². The molecule has 4 heteroatoms. The van der Waals surface area contributed by atoms with E-state index >= 15 is 0 Å². The first-order chi connectivity index (χ1) is 7.49. The van der Waals surface area contributed by atoms with Crippen LogP contribution in [0.3, 0.4) is 0 Å². The van der Waals surface area contributed by atoms with E-state index in [2.05, 4.69) is 6.07 Å². The van der Waals surface area contributed by atoms with Crippen LogP contribution in [0.15, 0.2) is 0 Å². The minimum absolute atomic E-state index is 0.170. The lowest BCUT2D eigenvalue weighted by Crippen LogP contribution is -2.54. The summed E-state index contributed by atoms with van der Waals surface area (Å²) in [6.07, 6.45) is 3.27. The fourth-order valence-corrected chi connectivity index (χ4v) is 2.59. The Kier molecular flexibility index (Phi) is 4.31. The highest BCUT2D eigenvalue weighted by atomic mass is 16.4. The van der Waals surface area contributed by atoms with E-state index in [1.54, 1.807) is 0 Å². The Hall–Kier alpha value is -1.08. The Morgan fingerprint density at radius 1 is 1.62 bits per heavy atom. The minimum atomic E-state index is -0.735. The zero-order valence-corrected chi connectivity index (χ0v) is 10.1. The fourth-order valence-electron chi connectivity index (χ4n) is 2.59. The van der Waals surface area contributed by atoms with Crippen LogP contribution in [0.4, 0.5) is 0 Å². The number of nitrogens with zero attached hydrogens (tertiary/aromatic N) is 2. The number of carboxylic acid groups (broad SMARTS) is 1. The van der Waals surface area contributed by atoms with Gasteiger partial charge in [-0.3, -0.25) is 9.69 Å². The number of carboxylic acids is 1. The van der Waals surface area contributed by atoms with Crippen LogP contribution in [0.1, 0.15) is 39.5 Å². The molecule has 0 aromatic carbocycles. The smallest absolute Gasteiger partial charge is 0.321 e. The maximum absolute atomic E-state index is 11.3. The number of nitriles is 1. The molecule has 0 aromatic rings. The molecule has 1 unspecified atom stereocenters. The standard InChI is InChI=1S/C12H20N2O2/c1-12(2)6-5-9-14(8-4-3-7-13)10(12)11(15)16/h10H,3-6,8-9H2,1-2H3,(H,15,16). The number of piperidine rings is 1. The van der Waals surface area contributed by atoms with Crippen LogP contribution in [-0.4, -0.2) is 35.1 Å². The van der Waals surface area contributed by atoms with Gasteiger partial charge in [-0.05, 0) is 37.8 Å². The first-order valence-corrected chi connectivity index (χ1v) is 5.83. The fraction of sp³-hybridized carbons (Fsp3) is 0.833. The average Bonchev–Trinajstić information content (AvgIpc) is 2.16. The number of rotatable bonds is 4. The van der Waals surface area contributed by atoms with Crippen LogP contribution in [-0.2, 0) is 4.79 Å². The summed E-state index contributed by atoms with van der Waals surface area (Å²) < 4.78 is 0. The normalized spacial score (nSPS) is 24.9. The quantitative estimate of drug-likeness (QED) is 0.740. The number of hydrogen-bond acceptors (Lipinski definition) is 3. The average molecular weight is 224 g/mol. The second kappa shape index (κ2) is 5.31. The summed E-state index contributed by atoms with van der Waals surface area (Å²) in [5.74, 6) is -0.735. The second-order valence-electron chi connectivity index (χ2n) is 5.13. The molecule has 0 amide bonds. The van der Waals surface area contributed by atoms with Crippen LogP contribution in [0.25, 0.3) is 0 Å². The number of aliphatic carboxylic acids is 1. The Morgan fingerprint density at radius 2 is 2.31 bits per heavy atom. The summed E-state index contributed by atoms with van der Waals surface area (Å²) >= 11 is 0. The Balaban J connectivity index is 2.66. The molecule has 0 bridgehead atoms. The van der Waals surface area contributed by atoms with Gasteiger partial charge in [0.05, 0.1) is 6.07 Å². The number of hydrogen-bond donors (Lipinski definition) is 1. The summed E-state index contributed by atoms with van der Waals surface area (Å²) in [5, 5.41) is 17.8. The minimum Gasteiger partial charge on any atom is -0.480 e. The lowest BCUT2D eigenvalue weighted by molar-refractivity contribution is -0.150. The van der Waals surface area contributed by atoms with Gasteiger partial charge in [0, 0.05) is 6.42 Å². The molecular weight excluding hydrogens is 204 g/mol. The van der Waals surface area contributed by atoms with E-state index in [1.165, 1.54) is 0 Å². The van der Waals surface area contributed by atoms with Gasteiger partial charge in [-0.25, -0.2) is 0 Å². The Morgan fingerprint density at radius 3 is 2.88 bits per heavy atom. The van der Waals surface area contributed by atoms with Crippen LogP contribution in [0.5, 0.6) is 0 Å². The summed E-state index contributed by atoms with van der Waals surface area (Å²) in [4.78, 5) is 13.3. The zero-order valence-electron chi connectivity index (χ0n) is 10.1. The summed E-state index contributed by atoms with van der Waals surface area (Å²) in [6.45, 7) is 5.59. The van der Waals surface area contributed by atoms with E-state index in [4.69, 9.17) is 5.26 Å². The highest BCUT2D eigenvalue weighted by Crippen LogP contribution is 2.35. The highest BCUT2D eigenvalue weighted by molar-refractivity contribution is 5.74. The van der Waals surface area contributed by atoms with Crippen molar-refractivity contribution in [3.63, 3.8) is 0 Å². The molecule has 16 heavy (non-hydrogen) atoms.